The smallest absolute Gasteiger partial charge is 0.335 e. The molecule has 0 atom stereocenters. The van der Waals surface area contributed by atoms with Crippen LogP contribution in [0.1, 0.15) is 23.6 Å². The molecule has 3 rings (SSSR count). The third kappa shape index (κ3) is 4.54. The van der Waals surface area contributed by atoms with Crippen LogP contribution >= 0.6 is 15.9 Å². The number of barbiturate groups is 1. The van der Waals surface area contributed by atoms with E-state index in [4.69, 9.17) is 4.74 Å². The maximum atomic E-state index is 13.1. The zero-order valence-electron chi connectivity index (χ0n) is 17.1. The average Bonchev–Trinajstić information content (AvgIpc) is 2.71. The van der Waals surface area contributed by atoms with Gasteiger partial charge in [-0.3, -0.25) is 14.9 Å². The lowest BCUT2D eigenvalue weighted by Gasteiger charge is -2.26. The Labute approximate surface area is 188 Å². The van der Waals surface area contributed by atoms with E-state index in [9.17, 15) is 19.5 Å². The average molecular weight is 485 g/mol. The molecule has 0 bridgehead atoms. The largest absolute Gasteiger partial charge is 0.504 e. The van der Waals surface area contributed by atoms with Crippen molar-refractivity contribution in [2.24, 2.45) is 0 Å². The van der Waals surface area contributed by atoms with E-state index in [1.807, 2.05) is 6.92 Å². The number of nitrogens with zero attached hydrogens (tertiary/aromatic N) is 1. The molecular formula is C23H21BrN2O5. The molecule has 7 nitrogen and oxygen atoms in total. The van der Waals surface area contributed by atoms with Gasteiger partial charge < -0.3 is 9.84 Å². The normalized spacial score (nSPS) is 15.3. The second-order valence-corrected chi connectivity index (χ2v) is 7.70. The van der Waals surface area contributed by atoms with Crippen molar-refractivity contribution in [1.29, 1.82) is 0 Å². The van der Waals surface area contributed by atoms with Crippen LogP contribution in [0.25, 0.3) is 6.08 Å². The summed E-state index contributed by atoms with van der Waals surface area (Å²) in [5.41, 5.74) is 1.97. The fourth-order valence-corrected chi connectivity index (χ4v) is 3.42. The van der Waals surface area contributed by atoms with Crippen LogP contribution in [0.3, 0.4) is 0 Å². The van der Waals surface area contributed by atoms with Gasteiger partial charge in [0.25, 0.3) is 11.8 Å². The maximum Gasteiger partial charge on any atom is 0.335 e. The standard InChI is InChI=1S/C23H21BrN2O5/c1-4-6-15-10-14(12-19(20(15)27)31-5-2)11-17-21(28)25-23(30)26(22(17)29)16-7-8-18(24)13(3)9-16/h4,7-12,27H,1,5-6H2,2-3H3,(H,25,28,30)/b17-11+. The number of hydrogen-bond acceptors (Lipinski definition) is 5. The Bertz CT molecular complexity index is 1120. The Morgan fingerprint density at radius 3 is 2.61 bits per heavy atom. The third-order valence-corrected chi connectivity index (χ3v) is 5.54. The molecule has 4 amide bonds. The minimum absolute atomic E-state index is 0.0227. The molecule has 0 aliphatic carbocycles. The number of carbonyl (C=O) groups excluding carboxylic acids is 3. The maximum absolute atomic E-state index is 13.1. The number of carbonyl (C=O) groups is 3. The number of hydrogen-bond donors (Lipinski definition) is 2. The van der Waals surface area contributed by atoms with Crippen LogP contribution in [0, 0.1) is 6.92 Å². The zero-order chi connectivity index (χ0) is 22.7. The molecule has 2 aromatic rings. The minimum atomic E-state index is -0.818. The predicted molar refractivity (Wildman–Crippen MR) is 121 cm³/mol. The Balaban J connectivity index is 2.07. The Kier molecular flexibility index (Phi) is 6.60. The van der Waals surface area contributed by atoms with Crippen molar-refractivity contribution < 1.29 is 24.2 Å². The summed E-state index contributed by atoms with van der Waals surface area (Å²) in [4.78, 5) is 38.9. The molecule has 1 aliphatic rings. The van der Waals surface area contributed by atoms with E-state index in [0.29, 0.717) is 29.8 Å². The van der Waals surface area contributed by atoms with E-state index in [-0.39, 0.29) is 17.1 Å². The number of benzene rings is 2. The summed E-state index contributed by atoms with van der Waals surface area (Å²) in [6.07, 6.45) is 3.36. The molecular weight excluding hydrogens is 464 g/mol. The number of phenols is 1. The van der Waals surface area contributed by atoms with Gasteiger partial charge in [-0.2, -0.15) is 0 Å². The van der Waals surface area contributed by atoms with Crippen molar-refractivity contribution in [2.75, 3.05) is 11.5 Å². The summed E-state index contributed by atoms with van der Waals surface area (Å²) in [5, 5.41) is 12.6. The number of imide groups is 2. The van der Waals surface area contributed by atoms with Crippen LogP contribution in [0.15, 0.2) is 53.0 Å². The van der Waals surface area contributed by atoms with Gasteiger partial charge in [0, 0.05) is 10.0 Å². The second-order valence-electron chi connectivity index (χ2n) is 6.84. The van der Waals surface area contributed by atoms with Gasteiger partial charge in [-0.1, -0.05) is 22.0 Å². The predicted octanol–water partition coefficient (Wildman–Crippen LogP) is 4.26. The molecule has 1 fully saturated rings. The fourth-order valence-electron chi connectivity index (χ4n) is 3.18. The number of halogens is 1. The number of ether oxygens (including phenoxy) is 1. The van der Waals surface area contributed by atoms with E-state index < -0.39 is 17.8 Å². The van der Waals surface area contributed by atoms with E-state index in [1.165, 1.54) is 12.1 Å². The molecule has 0 aromatic heterocycles. The molecule has 0 spiro atoms. The van der Waals surface area contributed by atoms with Gasteiger partial charge in [0.15, 0.2) is 11.5 Å². The zero-order valence-corrected chi connectivity index (χ0v) is 18.7. The molecule has 0 saturated carbocycles. The third-order valence-electron chi connectivity index (χ3n) is 4.65. The molecule has 31 heavy (non-hydrogen) atoms. The quantitative estimate of drug-likeness (QED) is 0.362. The molecule has 1 saturated heterocycles. The van der Waals surface area contributed by atoms with Gasteiger partial charge in [0.05, 0.1) is 12.3 Å². The van der Waals surface area contributed by atoms with Crippen molar-refractivity contribution in [3.63, 3.8) is 0 Å². The SMILES string of the molecule is C=CCc1cc(/C=C2\C(=O)NC(=O)N(c3ccc(Br)c(C)c3)C2=O)cc(OCC)c1O. The van der Waals surface area contributed by atoms with Crippen LogP contribution < -0.4 is 15.0 Å². The first-order valence-corrected chi connectivity index (χ1v) is 10.3. The molecule has 2 N–H and O–H groups in total. The van der Waals surface area contributed by atoms with Crippen molar-refractivity contribution in [3.8, 4) is 11.5 Å². The fraction of sp³-hybridized carbons (Fsp3) is 0.174. The van der Waals surface area contributed by atoms with Gasteiger partial charge in [-0.25, -0.2) is 9.69 Å². The number of urea groups is 1. The van der Waals surface area contributed by atoms with E-state index in [0.717, 1.165) is 14.9 Å². The highest BCUT2D eigenvalue weighted by Gasteiger charge is 2.37. The van der Waals surface area contributed by atoms with Gasteiger partial charge in [-0.15, -0.1) is 6.58 Å². The summed E-state index contributed by atoms with van der Waals surface area (Å²) >= 11 is 3.39. The highest BCUT2D eigenvalue weighted by Crippen LogP contribution is 2.34. The van der Waals surface area contributed by atoms with Gasteiger partial charge in [-0.05, 0) is 67.8 Å². The molecule has 160 valence electrons. The van der Waals surface area contributed by atoms with Crippen LogP contribution in [0.5, 0.6) is 11.5 Å². The summed E-state index contributed by atoms with van der Waals surface area (Å²) in [6, 6.07) is 7.35. The first-order chi connectivity index (χ1) is 14.8. The highest BCUT2D eigenvalue weighted by atomic mass is 79.9. The van der Waals surface area contributed by atoms with Crippen molar-refractivity contribution in [2.45, 2.75) is 20.3 Å². The monoisotopic (exact) mass is 484 g/mol. The first-order valence-electron chi connectivity index (χ1n) is 9.54. The number of aromatic hydroxyl groups is 1. The number of aryl methyl sites for hydroxylation is 1. The molecule has 8 heteroatoms. The van der Waals surface area contributed by atoms with Crippen molar-refractivity contribution >= 4 is 45.5 Å². The van der Waals surface area contributed by atoms with Gasteiger partial charge >= 0.3 is 6.03 Å². The van der Waals surface area contributed by atoms with E-state index in [1.54, 1.807) is 37.3 Å². The van der Waals surface area contributed by atoms with Crippen molar-refractivity contribution in [1.82, 2.24) is 5.32 Å². The minimum Gasteiger partial charge on any atom is -0.504 e. The molecule has 1 heterocycles. The Hall–Kier alpha value is -3.39. The van der Waals surface area contributed by atoms with E-state index in [2.05, 4.69) is 27.8 Å². The summed E-state index contributed by atoms with van der Waals surface area (Å²) in [7, 11) is 0. The van der Waals surface area contributed by atoms with Crippen LogP contribution in [0.4, 0.5) is 10.5 Å². The lowest BCUT2D eigenvalue weighted by Crippen LogP contribution is -2.54. The number of allylic oxidation sites excluding steroid dienone is 1. The first kappa shape index (κ1) is 22.3. The number of nitrogens with one attached hydrogen (secondary N) is 1. The van der Waals surface area contributed by atoms with Crippen molar-refractivity contribution in [3.05, 3.63) is 69.7 Å². The highest BCUT2D eigenvalue weighted by molar-refractivity contribution is 9.10. The number of anilines is 1. The summed E-state index contributed by atoms with van der Waals surface area (Å²) < 4.78 is 6.30. The number of amides is 4. The lowest BCUT2D eigenvalue weighted by atomic mass is 10.0. The lowest BCUT2D eigenvalue weighted by molar-refractivity contribution is -0.122. The van der Waals surface area contributed by atoms with E-state index >= 15 is 0 Å². The second kappa shape index (κ2) is 9.18. The van der Waals surface area contributed by atoms with Gasteiger partial charge in [0.1, 0.15) is 5.57 Å². The molecule has 1 aliphatic heterocycles. The molecule has 0 unspecified atom stereocenters. The van der Waals surface area contributed by atoms with Crippen LogP contribution in [-0.4, -0.2) is 29.6 Å². The number of rotatable bonds is 6. The number of phenolic OH excluding ortho intramolecular Hbond substituents is 1. The molecule has 2 aromatic carbocycles. The van der Waals surface area contributed by atoms with Gasteiger partial charge in [0.2, 0.25) is 0 Å². The molecule has 0 radical (unpaired) electrons. The topological polar surface area (TPSA) is 95.9 Å². The summed E-state index contributed by atoms with van der Waals surface area (Å²) in [5.74, 6) is -1.33. The Morgan fingerprint density at radius 2 is 1.97 bits per heavy atom. The van der Waals surface area contributed by atoms with Crippen LogP contribution in [0.2, 0.25) is 0 Å². The summed E-state index contributed by atoms with van der Waals surface area (Å²) in [6.45, 7) is 7.60. The Morgan fingerprint density at radius 1 is 1.23 bits per heavy atom. The van der Waals surface area contributed by atoms with Crippen LogP contribution in [-0.2, 0) is 16.0 Å².